The monoisotopic (exact) mass is 353 g/mol. The van der Waals surface area contributed by atoms with Crippen molar-refractivity contribution in [3.05, 3.63) is 23.8 Å². The van der Waals surface area contributed by atoms with Gasteiger partial charge >= 0.3 is 0 Å². The molecule has 1 aliphatic heterocycles. The fourth-order valence-electron chi connectivity index (χ4n) is 2.85. The number of fused-ring (bicyclic) bond motifs is 1. The van der Waals surface area contributed by atoms with Crippen molar-refractivity contribution in [1.29, 1.82) is 0 Å². The van der Waals surface area contributed by atoms with Crippen molar-refractivity contribution in [3.63, 3.8) is 0 Å². The summed E-state index contributed by atoms with van der Waals surface area (Å²) in [4.78, 5) is 12.9. The summed E-state index contributed by atoms with van der Waals surface area (Å²) in [6.45, 7) is 1.86. The van der Waals surface area contributed by atoms with Gasteiger partial charge in [0.25, 0.3) is 5.91 Å². The van der Waals surface area contributed by atoms with Crippen molar-refractivity contribution in [1.82, 2.24) is 5.32 Å². The predicted molar refractivity (Wildman–Crippen MR) is 84.4 cm³/mol. The van der Waals surface area contributed by atoms with Crippen molar-refractivity contribution in [2.45, 2.75) is 30.5 Å². The first-order chi connectivity index (χ1) is 10.2. The summed E-state index contributed by atoms with van der Waals surface area (Å²) in [7, 11) is 0. The average molecular weight is 354 g/mol. The topological polar surface area (TPSA) is 47.6 Å². The molecule has 2 aliphatic rings. The first kappa shape index (κ1) is 14.7. The third-order valence-corrected chi connectivity index (χ3v) is 5.05. The van der Waals surface area contributed by atoms with E-state index in [0.29, 0.717) is 41.0 Å². The SMILES string of the molecule is O=C(NCC1CCC(Br)CC1)c1ccc2c(c1)OCCO2. The maximum atomic E-state index is 12.2. The summed E-state index contributed by atoms with van der Waals surface area (Å²) >= 11 is 3.65. The molecule has 0 saturated heterocycles. The first-order valence-electron chi connectivity index (χ1n) is 7.54. The van der Waals surface area contributed by atoms with E-state index in [2.05, 4.69) is 21.2 Å². The van der Waals surface area contributed by atoms with Gasteiger partial charge in [0, 0.05) is 16.9 Å². The highest BCUT2D eigenvalue weighted by molar-refractivity contribution is 9.09. The van der Waals surface area contributed by atoms with E-state index in [1.54, 1.807) is 18.2 Å². The van der Waals surface area contributed by atoms with E-state index in [1.807, 2.05) is 0 Å². The molecule has 0 radical (unpaired) electrons. The highest BCUT2D eigenvalue weighted by Crippen LogP contribution is 2.31. The standard InChI is InChI=1S/C16H20BrNO3/c17-13-4-1-11(2-5-13)10-18-16(19)12-3-6-14-15(9-12)21-8-7-20-14/h3,6,9,11,13H,1-2,4-5,7-8,10H2,(H,18,19). The zero-order valence-corrected chi connectivity index (χ0v) is 13.5. The van der Waals surface area contributed by atoms with E-state index >= 15 is 0 Å². The molecule has 0 aromatic heterocycles. The molecule has 1 aliphatic carbocycles. The number of hydrogen-bond acceptors (Lipinski definition) is 3. The molecule has 21 heavy (non-hydrogen) atoms. The summed E-state index contributed by atoms with van der Waals surface area (Å²) in [5, 5.41) is 3.04. The van der Waals surface area contributed by atoms with Gasteiger partial charge < -0.3 is 14.8 Å². The molecule has 0 spiro atoms. The predicted octanol–water partition coefficient (Wildman–Crippen LogP) is 3.14. The maximum absolute atomic E-state index is 12.2. The lowest BCUT2D eigenvalue weighted by molar-refractivity contribution is 0.0942. The third kappa shape index (κ3) is 3.70. The molecule has 0 atom stereocenters. The van der Waals surface area contributed by atoms with Gasteiger partial charge in [0.15, 0.2) is 11.5 Å². The van der Waals surface area contributed by atoms with Crippen LogP contribution in [0.3, 0.4) is 0 Å². The summed E-state index contributed by atoms with van der Waals surface area (Å²) in [6.07, 6.45) is 4.75. The Morgan fingerprint density at radius 3 is 2.62 bits per heavy atom. The number of ether oxygens (including phenoxy) is 2. The molecular weight excluding hydrogens is 334 g/mol. The molecular formula is C16H20BrNO3. The molecule has 1 heterocycles. The largest absolute Gasteiger partial charge is 0.486 e. The van der Waals surface area contributed by atoms with E-state index < -0.39 is 0 Å². The van der Waals surface area contributed by atoms with E-state index in [0.717, 1.165) is 6.54 Å². The quantitative estimate of drug-likeness (QED) is 0.849. The van der Waals surface area contributed by atoms with Crippen LogP contribution >= 0.6 is 15.9 Å². The van der Waals surface area contributed by atoms with Crippen molar-refractivity contribution in [2.75, 3.05) is 19.8 Å². The van der Waals surface area contributed by atoms with E-state index in [-0.39, 0.29) is 5.91 Å². The molecule has 114 valence electrons. The number of alkyl halides is 1. The lowest BCUT2D eigenvalue weighted by atomic mass is 9.89. The number of halogens is 1. The van der Waals surface area contributed by atoms with Gasteiger partial charge in [-0.2, -0.15) is 0 Å². The molecule has 1 aromatic rings. The number of nitrogens with one attached hydrogen (secondary N) is 1. The Morgan fingerprint density at radius 1 is 1.14 bits per heavy atom. The number of carbonyl (C=O) groups excluding carboxylic acids is 1. The molecule has 0 unspecified atom stereocenters. The second-order valence-electron chi connectivity index (χ2n) is 5.69. The van der Waals surface area contributed by atoms with Crippen LogP contribution in [0.2, 0.25) is 0 Å². The summed E-state index contributed by atoms with van der Waals surface area (Å²) in [6, 6.07) is 5.36. The van der Waals surface area contributed by atoms with Crippen LogP contribution < -0.4 is 14.8 Å². The van der Waals surface area contributed by atoms with Crippen LogP contribution in [0.25, 0.3) is 0 Å². The summed E-state index contributed by atoms with van der Waals surface area (Å²) in [5.41, 5.74) is 0.633. The van der Waals surface area contributed by atoms with Crippen LogP contribution in [0.15, 0.2) is 18.2 Å². The van der Waals surface area contributed by atoms with E-state index in [1.165, 1.54) is 25.7 Å². The number of hydrogen-bond donors (Lipinski definition) is 1. The van der Waals surface area contributed by atoms with Crippen LogP contribution in [0.4, 0.5) is 0 Å². The minimum Gasteiger partial charge on any atom is -0.486 e. The molecule has 1 saturated carbocycles. The minimum absolute atomic E-state index is 0.0343. The van der Waals surface area contributed by atoms with Gasteiger partial charge in [-0.25, -0.2) is 0 Å². The summed E-state index contributed by atoms with van der Waals surface area (Å²) < 4.78 is 11.0. The average Bonchev–Trinajstić information content (AvgIpc) is 2.53. The van der Waals surface area contributed by atoms with E-state index in [9.17, 15) is 4.79 Å². The van der Waals surface area contributed by atoms with Crippen molar-refractivity contribution in [3.8, 4) is 11.5 Å². The Morgan fingerprint density at radius 2 is 1.86 bits per heavy atom. The van der Waals surface area contributed by atoms with Gasteiger partial charge in [-0.15, -0.1) is 0 Å². The highest BCUT2D eigenvalue weighted by atomic mass is 79.9. The van der Waals surface area contributed by atoms with Gasteiger partial charge in [-0.1, -0.05) is 15.9 Å². The fourth-order valence-corrected chi connectivity index (χ4v) is 3.38. The van der Waals surface area contributed by atoms with Crippen molar-refractivity contribution >= 4 is 21.8 Å². The second kappa shape index (κ2) is 6.69. The molecule has 1 N–H and O–H groups in total. The molecule has 3 rings (SSSR count). The molecule has 4 nitrogen and oxygen atoms in total. The van der Waals surface area contributed by atoms with Gasteiger partial charge in [0.1, 0.15) is 13.2 Å². The zero-order chi connectivity index (χ0) is 14.7. The van der Waals surface area contributed by atoms with Gasteiger partial charge in [0.2, 0.25) is 0 Å². The van der Waals surface area contributed by atoms with Crippen LogP contribution in [0.1, 0.15) is 36.0 Å². The number of amides is 1. The minimum atomic E-state index is -0.0343. The van der Waals surface area contributed by atoms with Crippen molar-refractivity contribution < 1.29 is 14.3 Å². The second-order valence-corrected chi connectivity index (χ2v) is 6.98. The Labute approximate surface area is 133 Å². The van der Waals surface area contributed by atoms with Crippen LogP contribution in [-0.4, -0.2) is 30.5 Å². The van der Waals surface area contributed by atoms with Crippen LogP contribution in [0.5, 0.6) is 11.5 Å². The third-order valence-electron chi connectivity index (χ3n) is 4.13. The molecule has 1 amide bonds. The Bertz CT molecular complexity index is 512. The highest BCUT2D eigenvalue weighted by Gasteiger charge is 2.20. The fraction of sp³-hybridized carbons (Fsp3) is 0.562. The maximum Gasteiger partial charge on any atom is 0.251 e. The molecule has 5 heteroatoms. The summed E-state index contributed by atoms with van der Waals surface area (Å²) in [5.74, 6) is 1.94. The Balaban J connectivity index is 1.55. The molecule has 1 aromatic carbocycles. The lowest BCUT2D eigenvalue weighted by Gasteiger charge is -2.25. The van der Waals surface area contributed by atoms with E-state index in [4.69, 9.17) is 9.47 Å². The Kier molecular flexibility index (Phi) is 4.68. The smallest absolute Gasteiger partial charge is 0.251 e. The Hall–Kier alpha value is -1.23. The van der Waals surface area contributed by atoms with Gasteiger partial charge in [-0.05, 0) is 49.8 Å². The number of carbonyl (C=O) groups is 1. The normalized spacial score (nSPS) is 24.4. The van der Waals surface area contributed by atoms with Crippen LogP contribution in [-0.2, 0) is 0 Å². The van der Waals surface area contributed by atoms with Gasteiger partial charge in [-0.3, -0.25) is 4.79 Å². The zero-order valence-electron chi connectivity index (χ0n) is 11.9. The molecule has 0 bridgehead atoms. The lowest BCUT2D eigenvalue weighted by Crippen LogP contribution is -2.31. The molecule has 1 fully saturated rings. The number of rotatable bonds is 3. The van der Waals surface area contributed by atoms with Crippen LogP contribution in [0, 0.1) is 5.92 Å². The van der Waals surface area contributed by atoms with Crippen molar-refractivity contribution in [2.24, 2.45) is 5.92 Å². The number of benzene rings is 1. The first-order valence-corrected chi connectivity index (χ1v) is 8.46. The van der Waals surface area contributed by atoms with Gasteiger partial charge in [0.05, 0.1) is 0 Å².